The van der Waals surface area contributed by atoms with Gasteiger partial charge in [-0.1, -0.05) is 30.3 Å². The van der Waals surface area contributed by atoms with Gasteiger partial charge in [-0.25, -0.2) is 14.8 Å². The number of aliphatic carboxylic acids is 1. The highest BCUT2D eigenvalue weighted by Gasteiger charge is 2.25. The third-order valence-corrected chi connectivity index (χ3v) is 4.44. The number of rotatable bonds is 7. The zero-order chi connectivity index (χ0) is 17.6. The van der Waals surface area contributed by atoms with E-state index in [1.807, 2.05) is 35.2 Å². The summed E-state index contributed by atoms with van der Waals surface area (Å²) in [5.41, 5.74) is 0.941. The number of aliphatic hydroxyl groups is 1. The first-order chi connectivity index (χ1) is 12.2. The minimum atomic E-state index is -0.932. The van der Waals surface area contributed by atoms with Crippen LogP contribution in [0.2, 0.25) is 0 Å². The standard InChI is InChI=1S/C18H22N4O3/c23-11-14-7-4-8-22(14)17-10-16(19-12-20-17)21-15(18(24)25)9-13-5-2-1-3-6-13/h1-3,5-6,10,12,14-15,23H,4,7-9,11H2,(H,24,25)(H,19,20,21)/t14?,15-/m0/s1. The van der Waals surface area contributed by atoms with E-state index in [4.69, 9.17) is 0 Å². The van der Waals surface area contributed by atoms with Gasteiger partial charge in [-0.2, -0.15) is 0 Å². The van der Waals surface area contributed by atoms with Gasteiger partial charge < -0.3 is 20.4 Å². The molecule has 0 spiro atoms. The largest absolute Gasteiger partial charge is 0.480 e. The van der Waals surface area contributed by atoms with Gasteiger partial charge in [0.05, 0.1) is 12.6 Å². The van der Waals surface area contributed by atoms with Crippen LogP contribution >= 0.6 is 0 Å². The SMILES string of the molecule is O=C(O)[C@H](Cc1ccccc1)Nc1cc(N2CCCC2CO)ncn1. The van der Waals surface area contributed by atoms with Gasteiger partial charge in [0.15, 0.2) is 0 Å². The van der Waals surface area contributed by atoms with E-state index in [2.05, 4.69) is 15.3 Å². The first kappa shape index (κ1) is 17.2. The summed E-state index contributed by atoms with van der Waals surface area (Å²) in [6.45, 7) is 0.909. The quantitative estimate of drug-likeness (QED) is 0.702. The Bertz CT molecular complexity index is 710. The number of carbonyl (C=O) groups is 1. The topological polar surface area (TPSA) is 98.6 Å². The van der Waals surface area contributed by atoms with Crippen LogP contribution in [0.5, 0.6) is 0 Å². The molecule has 7 heteroatoms. The molecule has 2 atom stereocenters. The fraction of sp³-hybridized carbons (Fsp3) is 0.389. The molecule has 0 saturated carbocycles. The van der Waals surface area contributed by atoms with Crippen LogP contribution in [-0.4, -0.2) is 51.4 Å². The van der Waals surface area contributed by atoms with Gasteiger partial charge in [-0.3, -0.25) is 0 Å². The summed E-state index contributed by atoms with van der Waals surface area (Å²) in [7, 11) is 0. The van der Waals surface area contributed by atoms with Gasteiger partial charge in [-0.15, -0.1) is 0 Å². The predicted molar refractivity (Wildman–Crippen MR) is 94.7 cm³/mol. The number of anilines is 2. The first-order valence-corrected chi connectivity index (χ1v) is 8.40. The van der Waals surface area contributed by atoms with E-state index in [1.165, 1.54) is 6.33 Å². The number of carboxylic acids is 1. The minimum absolute atomic E-state index is 0.0577. The van der Waals surface area contributed by atoms with Gasteiger partial charge in [0.1, 0.15) is 24.0 Å². The van der Waals surface area contributed by atoms with Crippen LogP contribution in [-0.2, 0) is 11.2 Å². The van der Waals surface area contributed by atoms with Crippen LogP contribution in [0.3, 0.4) is 0 Å². The van der Waals surface area contributed by atoms with Crippen LogP contribution in [0.25, 0.3) is 0 Å². The molecule has 1 aromatic carbocycles. The van der Waals surface area contributed by atoms with Crippen molar-refractivity contribution in [2.45, 2.75) is 31.3 Å². The average molecular weight is 342 g/mol. The molecule has 0 bridgehead atoms. The van der Waals surface area contributed by atoms with Crippen LogP contribution in [0.1, 0.15) is 18.4 Å². The van der Waals surface area contributed by atoms with Gasteiger partial charge in [0, 0.05) is 19.0 Å². The van der Waals surface area contributed by atoms with Crippen LogP contribution in [0.15, 0.2) is 42.7 Å². The Morgan fingerprint density at radius 1 is 1.32 bits per heavy atom. The molecule has 0 amide bonds. The van der Waals surface area contributed by atoms with Gasteiger partial charge in [0.2, 0.25) is 0 Å². The van der Waals surface area contributed by atoms with Crippen molar-refractivity contribution in [1.29, 1.82) is 0 Å². The van der Waals surface area contributed by atoms with E-state index in [9.17, 15) is 15.0 Å². The second-order valence-electron chi connectivity index (χ2n) is 6.16. The summed E-state index contributed by atoms with van der Waals surface area (Å²) in [5.74, 6) is 0.244. The Morgan fingerprint density at radius 2 is 2.12 bits per heavy atom. The number of nitrogens with zero attached hydrogens (tertiary/aromatic N) is 3. The second-order valence-corrected chi connectivity index (χ2v) is 6.16. The lowest BCUT2D eigenvalue weighted by Crippen LogP contribution is -2.34. The zero-order valence-corrected chi connectivity index (χ0v) is 13.9. The molecule has 2 heterocycles. The molecule has 1 aromatic heterocycles. The first-order valence-electron chi connectivity index (χ1n) is 8.40. The number of nitrogens with one attached hydrogen (secondary N) is 1. The van der Waals surface area contributed by atoms with Crippen molar-refractivity contribution < 1.29 is 15.0 Å². The van der Waals surface area contributed by atoms with Crippen LogP contribution in [0.4, 0.5) is 11.6 Å². The molecule has 1 fully saturated rings. The molecule has 1 aliphatic heterocycles. The maximum atomic E-state index is 11.6. The number of aromatic nitrogens is 2. The fourth-order valence-electron chi connectivity index (χ4n) is 3.14. The third-order valence-electron chi connectivity index (χ3n) is 4.44. The average Bonchev–Trinajstić information content (AvgIpc) is 3.11. The van der Waals surface area contributed by atoms with Crippen LogP contribution < -0.4 is 10.2 Å². The molecule has 7 nitrogen and oxygen atoms in total. The number of aliphatic hydroxyl groups excluding tert-OH is 1. The van der Waals surface area contributed by atoms with Gasteiger partial charge in [-0.05, 0) is 18.4 Å². The lowest BCUT2D eigenvalue weighted by molar-refractivity contribution is -0.137. The van der Waals surface area contributed by atoms with Crippen LogP contribution in [0, 0.1) is 0 Å². The fourth-order valence-corrected chi connectivity index (χ4v) is 3.14. The number of benzene rings is 1. The Morgan fingerprint density at radius 3 is 2.84 bits per heavy atom. The van der Waals surface area contributed by atoms with Crippen molar-refractivity contribution in [2.75, 3.05) is 23.4 Å². The lowest BCUT2D eigenvalue weighted by Gasteiger charge is -2.24. The minimum Gasteiger partial charge on any atom is -0.480 e. The molecule has 1 saturated heterocycles. The van der Waals surface area contributed by atoms with Crippen molar-refractivity contribution in [3.05, 3.63) is 48.3 Å². The molecule has 1 unspecified atom stereocenters. The molecule has 25 heavy (non-hydrogen) atoms. The molecule has 132 valence electrons. The van der Waals surface area contributed by atoms with Gasteiger partial charge in [0.25, 0.3) is 0 Å². The molecule has 1 aliphatic rings. The van der Waals surface area contributed by atoms with Crippen molar-refractivity contribution >= 4 is 17.6 Å². The normalized spacial score (nSPS) is 18.1. The molecular formula is C18H22N4O3. The molecular weight excluding hydrogens is 320 g/mol. The highest BCUT2D eigenvalue weighted by atomic mass is 16.4. The summed E-state index contributed by atoms with van der Waals surface area (Å²) in [4.78, 5) is 22.1. The predicted octanol–water partition coefficient (Wildman–Crippen LogP) is 1.55. The molecule has 0 radical (unpaired) electrons. The third kappa shape index (κ3) is 4.24. The Hall–Kier alpha value is -2.67. The molecule has 3 rings (SSSR count). The number of hydrogen-bond donors (Lipinski definition) is 3. The maximum Gasteiger partial charge on any atom is 0.326 e. The highest BCUT2D eigenvalue weighted by molar-refractivity contribution is 5.77. The Kier molecular flexibility index (Phi) is 5.45. The smallest absolute Gasteiger partial charge is 0.326 e. The number of hydrogen-bond acceptors (Lipinski definition) is 6. The summed E-state index contributed by atoms with van der Waals surface area (Å²) >= 11 is 0. The van der Waals surface area contributed by atoms with E-state index in [0.29, 0.717) is 18.1 Å². The second kappa shape index (κ2) is 7.94. The van der Waals surface area contributed by atoms with E-state index >= 15 is 0 Å². The Balaban J connectivity index is 1.74. The maximum absolute atomic E-state index is 11.6. The molecule has 3 N–H and O–H groups in total. The van der Waals surface area contributed by atoms with E-state index in [0.717, 1.165) is 24.9 Å². The van der Waals surface area contributed by atoms with E-state index < -0.39 is 12.0 Å². The number of carboxylic acid groups (broad SMARTS) is 1. The lowest BCUT2D eigenvalue weighted by atomic mass is 10.1. The summed E-state index contributed by atoms with van der Waals surface area (Å²) in [5, 5.41) is 22.0. The summed E-state index contributed by atoms with van der Waals surface area (Å²) < 4.78 is 0. The molecule has 2 aromatic rings. The summed E-state index contributed by atoms with van der Waals surface area (Å²) in [6, 6.07) is 10.5. The van der Waals surface area contributed by atoms with Crippen molar-refractivity contribution in [1.82, 2.24) is 9.97 Å². The van der Waals surface area contributed by atoms with E-state index in [1.54, 1.807) is 6.07 Å². The highest BCUT2D eigenvalue weighted by Crippen LogP contribution is 2.24. The van der Waals surface area contributed by atoms with Gasteiger partial charge >= 0.3 is 5.97 Å². The van der Waals surface area contributed by atoms with Crippen molar-refractivity contribution in [2.24, 2.45) is 0 Å². The summed E-state index contributed by atoms with van der Waals surface area (Å²) in [6.07, 6.45) is 3.71. The Labute approximate surface area is 146 Å². The molecule has 0 aliphatic carbocycles. The van der Waals surface area contributed by atoms with E-state index in [-0.39, 0.29) is 12.6 Å². The van der Waals surface area contributed by atoms with Crippen molar-refractivity contribution in [3.8, 4) is 0 Å². The zero-order valence-electron chi connectivity index (χ0n) is 13.9. The van der Waals surface area contributed by atoms with Crippen molar-refractivity contribution in [3.63, 3.8) is 0 Å². The monoisotopic (exact) mass is 342 g/mol.